The van der Waals surface area contributed by atoms with Crippen molar-refractivity contribution in [2.45, 2.75) is 18.8 Å². The lowest BCUT2D eigenvalue weighted by atomic mass is 9.98. The van der Waals surface area contributed by atoms with Crippen molar-refractivity contribution in [3.8, 4) is 11.6 Å². The molecule has 0 aromatic carbocycles. The minimum atomic E-state index is 0. The van der Waals surface area contributed by atoms with Gasteiger partial charge in [-0.05, 0) is 32.0 Å². The molecule has 3 heterocycles. The van der Waals surface area contributed by atoms with Gasteiger partial charge in [-0.25, -0.2) is 4.98 Å². The number of nitrogens with zero attached hydrogens (tertiary/aromatic N) is 3. The predicted molar refractivity (Wildman–Crippen MR) is 86.9 cm³/mol. The molecule has 1 N–H and O–H groups in total. The van der Waals surface area contributed by atoms with Crippen molar-refractivity contribution >= 4 is 48.0 Å². The van der Waals surface area contributed by atoms with Crippen molar-refractivity contribution in [3.05, 3.63) is 28.2 Å². The Hall–Kier alpha value is -0.590. The van der Waals surface area contributed by atoms with Gasteiger partial charge in [0.1, 0.15) is 5.69 Å². The average Bonchev–Trinajstić information content (AvgIpc) is 2.89. The molecule has 0 amide bonds. The van der Waals surface area contributed by atoms with E-state index in [9.17, 15) is 0 Å². The molecule has 0 bridgehead atoms. The summed E-state index contributed by atoms with van der Waals surface area (Å²) in [6.07, 6.45) is 3.52. The maximum Gasteiger partial charge on any atom is 0.267 e. The van der Waals surface area contributed by atoms with Crippen LogP contribution in [0.1, 0.15) is 24.7 Å². The molecule has 1 fully saturated rings. The summed E-state index contributed by atoms with van der Waals surface area (Å²) in [4.78, 5) is 4.13. The highest BCUT2D eigenvalue weighted by atomic mass is 35.5. The van der Waals surface area contributed by atoms with E-state index < -0.39 is 0 Å². The number of pyridine rings is 1. The third kappa shape index (κ3) is 4.20. The Labute approximate surface area is 144 Å². The molecule has 2 aromatic rings. The van der Waals surface area contributed by atoms with Crippen LogP contribution in [0.4, 0.5) is 0 Å². The van der Waals surface area contributed by atoms with E-state index in [-0.39, 0.29) is 24.8 Å². The van der Waals surface area contributed by atoms with Crippen LogP contribution in [0.15, 0.2) is 16.7 Å². The second kappa shape index (κ2) is 8.15. The van der Waals surface area contributed by atoms with Gasteiger partial charge in [0.25, 0.3) is 5.89 Å². The predicted octanol–water partition coefficient (Wildman–Crippen LogP) is 3.75. The maximum atomic E-state index is 6.07. The number of hydrogen-bond donors (Lipinski definition) is 1. The van der Waals surface area contributed by atoms with Gasteiger partial charge in [-0.15, -0.1) is 35.0 Å². The van der Waals surface area contributed by atoms with Crippen LogP contribution in [0.5, 0.6) is 0 Å². The molecule has 0 radical (unpaired) electrons. The molecule has 0 saturated carbocycles. The van der Waals surface area contributed by atoms with E-state index in [4.69, 9.17) is 27.6 Å². The van der Waals surface area contributed by atoms with Crippen LogP contribution < -0.4 is 5.32 Å². The van der Waals surface area contributed by atoms with Gasteiger partial charge in [0.05, 0.1) is 10.0 Å². The summed E-state index contributed by atoms with van der Waals surface area (Å²) in [5, 5.41) is 12.3. The van der Waals surface area contributed by atoms with Crippen molar-refractivity contribution in [1.29, 1.82) is 0 Å². The summed E-state index contributed by atoms with van der Waals surface area (Å²) in [6, 6.07) is 1.61. The molecular weight excluding hydrogens is 358 g/mol. The van der Waals surface area contributed by atoms with Crippen LogP contribution in [0.25, 0.3) is 11.6 Å². The zero-order chi connectivity index (χ0) is 13.2. The highest BCUT2D eigenvalue weighted by Gasteiger charge is 2.22. The second-order valence-electron chi connectivity index (χ2n) is 4.45. The molecule has 1 aliphatic heterocycles. The fourth-order valence-electron chi connectivity index (χ4n) is 2.14. The molecular formula is C12H14Cl4N4O. The lowest BCUT2D eigenvalue weighted by Gasteiger charge is -2.18. The third-order valence-electron chi connectivity index (χ3n) is 3.14. The molecule has 0 atom stereocenters. The number of aromatic nitrogens is 3. The van der Waals surface area contributed by atoms with Crippen molar-refractivity contribution in [1.82, 2.24) is 20.5 Å². The van der Waals surface area contributed by atoms with Crippen LogP contribution in [-0.4, -0.2) is 28.3 Å². The topological polar surface area (TPSA) is 63.8 Å². The van der Waals surface area contributed by atoms with E-state index in [0.717, 1.165) is 25.9 Å². The van der Waals surface area contributed by atoms with Crippen LogP contribution in [0, 0.1) is 0 Å². The van der Waals surface area contributed by atoms with E-state index in [1.54, 1.807) is 6.07 Å². The van der Waals surface area contributed by atoms with Crippen LogP contribution in [0.2, 0.25) is 10.0 Å². The summed E-state index contributed by atoms with van der Waals surface area (Å²) >= 11 is 11.9. The largest absolute Gasteiger partial charge is 0.419 e. The highest BCUT2D eigenvalue weighted by Crippen LogP contribution is 2.30. The first-order valence-corrected chi connectivity index (χ1v) is 6.85. The molecule has 2 aromatic heterocycles. The average molecular weight is 372 g/mol. The van der Waals surface area contributed by atoms with Gasteiger partial charge in [-0.1, -0.05) is 23.2 Å². The molecule has 0 spiro atoms. The van der Waals surface area contributed by atoms with Crippen molar-refractivity contribution in [2.24, 2.45) is 0 Å². The number of nitrogens with one attached hydrogen (secondary N) is 1. The van der Waals surface area contributed by atoms with Gasteiger partial charge in [-0.2, -0.15) is 0 Å². The fraction of sp³-hybridized carbons (Fsp3) is 0.417. The second-order valence-corrected chi connectivity index (χ2v) is 5.30. The van der Waals surface area contributed by atoms with Gasteiger partial charge in [0, 0.05) is 12.1 Å². The van der Waals surface area contributed by atoms with Crippen LogP contribution in [-0.2, 0) is 0 Å². The third-order valence-corrected chi connectivity index (χ3v) is 3.63. The zero-order valence-corrected chi connectivity index (χ0v) is 14.0. The number of hydrogen-bond acceptors (Lipinski definition) is 5. The van der Waals surface area contributed by atoms with E-state index in [0.29, 0.717) is 33.4 Å². The Morgan fingerprint density at radius 3 is 2.52 bits per heavy atom. The molecule has 0 aliphatic carbocycles. The fourth-order valence-corrected chi connectivity index (χ4v) is 2.60. The van der Waals surface area contributed by atoms with Crippen LogP contribution in [0.3, 0.4) is 0 Å². The number of piperidine rings is 1. The summed E-state index contributed by atoms with van der Waals surface area (Å²) in [7, 11) is 0. The normalized spacial score (nSPS) is 15.1. The van der Waals surface area contributed by atoms with Gasteiger partial charge in [0.2, 0.25) is 5.89 Å². The highest BCUT2D eigenvalue weighted by molar-refractivity contribution is 6.35. The lowest BCUT2D eigenvalue weighted by molar-refractivity contribution is 0.378. The van der Waals surface area contributed by atoms with Gasteiger partial charge >= 0.3 is 0 Å². The SMILES string of the molecule is Cl.Cl.Clc1cnc(-c2nnc(C3CCNCC3)o2)c(Cl)c1. The quantitative estimate of drug-likeness (QED) is 0.870. The van der Waals surface area contributed by atoms with Crippen molar-refractivity contribution < 1.29 is 4.42 Å². The first kappa shape index (κ1) is 18.5. The Morgan fingerprint density at radius 1 is 1.14 bits per heavy atom. The molecule has 1 aliphatic rings. The summed E-state index contributed by atoms with van der Waals surface area (Å²) in [6.45, 7) is 1.95. The number of halogens is 4. The first-order chi connectivity index (χ1) is 9.24. The van der Waals surface area contributed by atoms with Crippen LogP contribution >= 0.6 is 48.0 Å². The Balaban J connectivity index is 0.00000110. The monoisotopic (exact) mass is 370 g/mol. The molecule has 1 saturated heterocycles. The lowest BCUT2D eigenvalue weighted by Crippen LogP contribution is -2.26. The Bertz CT molecular complexity index is 586. The summed E-state index contributed by atoms with van der Waals surface area (Å²) in [5.74, 6) is 1.31. The molecule has 0 unspecified atom stereocenters. The minimum Gasteiger partial charge on any atom is -0.419 e. The molecule has 21 heavy (non-hydrogen) atoms. The van der Waals surface area contributed by atoms with E-state index >= 15 is 0 Å². The standard InChI is InChI=1S/C12H12Cl2N4O.2ClH/c13-8-5-9(14)10(16-6-8)12-18-17-11(19-12)7-1-3-15-4-2-7;;/h5-7,15H,1-4H2;2*1H. The van der Waals surface area contributed by atoms with Crippen molar-refractivity contribution in [2.75, 3.05) is 13.1 Å². The van der Waals surface area contributed by atoms with Gasteiger partial charge in [0.15, 0.2) is 0 Å². The van der Waals surface area contributed by atoms with E-state index in [1.807, 2.05) is 0 Å². The van der Waals surface area contributed by atoms with Gasteiger partial charge in [-0.3, -0.25) is 0 Å². The smallest absolute Gasteiger partial charge is 0.267 e. The maximum absolute atomic E-state index is 6.07. The zero-order valence-electron chi connectivity index (χ0n) is 10.9. The number of rotatable bonds is 2. The molecule has 3 rings (SSSR count). The molecule has 116 valence electrons. The summed E-state index contributed by atoms with van der Waals surface area (Å²) < 4.78 is 5.69. The minimum absolute atomic E-state index is 0. The summed E-state index contributed by atoms with van der Waals surface area (Å²) in [5.41, 5.74) is 0.471. The first-order valence-electron chi connectivity index (χ1n) is 6.09. The molecule has 5 nitrogen and oxygen atoms in total. The Morgan fingerprint density at radius 2 is 1.86 bits per heavy atom. The Kier molecular flexibility index (Phi) is 7.16. The molecule has 9 heteroatoms. The van der Waals surface area contributed by atoms with Gasteiger partial charge < -0.3 is 9.73 Å². The van der Waals surface area contributed by atoms with E-state index in [1.165, 1.54) is 6.20 Å². The van der Waals surface area contributed by atoms with E-state index in [2.05, 4.69) is 20.5 Å². The van der Waals surface area contributed by atoms with Crippen molar-refractivity contribution in [3.63, 3.8) is 0 Å².